The van der Waals surface area contributed by atoms with Crippen LogP contribution in [0, 0.1) is 0 Å². The molecule has 0 atom stereocenters. The first-order valence-corrected chi connectivity index (χ1v) is 12.5. The molecule has 0 aliphatic heterocycles. The van der Waals surface area contributed by atoms with Gasteiger partial charge in [-0.15, -0.1) is 0 Å². The van der Waals surface area contributed by atoms with Crippen LogP contribution >= 0.6 is 0 Å². The molecule has 0 aliphatic carbocycles. The van der Waals surface area contributed by atoms with Crippen LogP contribution in [-0.4, -0.2) is 36.8 Å². The first-order valence-electron chi connectivity index (χ1n) is 9.55. The summed E-state index contributed by atoms with van der Waals surface area (Å²) in [6, 6.07) is 15.6. The molecule has 0 bridgehead atoms. The number of hydrogen-bond donors (Lipinski definition) is 2. The molecule has 0 aliphatic rings. The molecule has 0 saturated carbocycles. The van der Waals surface area contributed by atoms with E-state index in [0.29, 0.717) is 11.3 Å². The highest BCUT2D eigenvalue weighted by atomic mass is 32.2. The molecule has 3 rings (SSSR count). The van der Waals surface area contributed by atoms with E-state index in [1.165, 1.54) is 63.6 Å². The zero-order valence-electron chi connectivity index (χ0n) is 18.0. The lowest BCUT2D eigenvalue weighted by Gasteiger charge is -2.15. The summed E-state index contributed by atoms with van der Waals surface area (Å²) >= 11 is 0. The van der Waals surface area contributed by atoms with Crippen molar-refractivity contribution in [2.75, 3.05) is 23.7 Å². The van der Waals surface area contributed by atoms with E-state index in [9.17, 15) is 21.6 Å². The number of carbonyl (C=O) groups is 1. The van der Waals surface area contributed by atoms with Crippen molar-refractivity contribution in [1.29, 1.82) is 0 Å². The Bertz CT molecular complexity index is 1380. The lowest BCUT2D eigenvalue weighted by atomic mass is 10.2. The maximum Gasteiger partial charge on any atom is 0.262 e. The molecule has 174 valence electrons. The van der Waals surface area contributed by atoms with Gasteiger partial charge in [0, 0.05) is 5.56 Å². The van der Waals surface area contributed by atoms with Crippen LogP contribution in [0.3, 0.4) is 0 Å². The summed E-state index contributed by atoms with van der Waals surface area (Å²) < 4.78 is 66.7. The number of ketones is 1. The fraction of sp³-hybridized carbons (Fsp3) is 0.136. The molecule has 0 radical (unpaired) electrons. The van der Waals surface area contributed by atoms with Crippen LogP contribution in [0.4, 0.5) is 11.4 Å². The Kier molecular flexibility index (Phi) is 6.94. The Morgan fingerprint density at radius 3 is 1.82 bits per heavy atom. The third-order valence-electron chi connectivity index (χ3n) is 4.65. The Hall–Kier alpha value is -3.57. The van der Waals surface area contributed by atoms with Gasteiger partial charge < -0.3 is 9.47 Å². The number of ether oxygens (including phenoxy) is 2. The predicted octanol–water partition coefficient (Wildman–Crippen LogP) is 3.51. The summed E-state index contributed by atoms with van der Waals surface area (Å²) in [7, 11) is -5.44. The van der Waals surface area contributed by atoms with Gasteiger partial charge >= 0.3 is 0 Å². The number of hydrogen-bond acceptors (Lipinski definition) is 7. The molecule has 3 aromatic carbocycles. The average Bonchev–Trinajstić information content (AvgIpc) is 2.79. The van der Waals surface area contributed by atoms with Crippen molar-refractivity contribution < 1.29 is 31.1 Å². The van der Waals surface area contributed by atoms with Gasteiger partial charge in [-0.25, -0.2) is 16.8 Å². The van der Waals surface area contributed by atoms with Gasteiger partial charge in [-0.05, 0) is 49.4 Å². The van der Waals surface area contributed by atoms with Gasteiger partial charge in [0.15, 0.2) is 5.78 Å². The fourth-order valence-electron chi connectivity index (χ4n) is 2.94. The number of rotatable bonds is 9. The van der Waals surface area contributed by atoms with E-state index in [1.807, 2.05) is 0 Å². The van der Waals surface area contributed by atoms with E-state index < -0.39 is 20.0 Å². The van der Waals surface area contributed by atoms with Crippen LogP contribution in [0.1, 0.15) is 17.3 Å². The quantitative estimate of drug-likeness (QED) is 0.439. The van der Waals surface area contributed by atoms with E-state index >= 15 is 0 Å². The summed E-state index contributed by atoms with van der Waals surface area (Å²) in [6.07, 6.45) is 0. The van der Waals surface area contributed by atoms with E-state index in [-0.39, 0.29) is 32.7 Å². The van der Waals surface area contributed by atoms with Crippen molar-refractivity contribution >= 4 is 37.2 Å². The second-order valence-electron chi connectivity index (χ2n) is 6.85. The van der Waals surface area contributed by atoms with Crippen LogP contribution in [-0.2, 0) is 20.0 Å². The van der Waals surface area contributed by atoms with Gasteiger partial charge in [0.05, 0.1) is 35.4 Å². The van der Waals surface area contributed by atoms with Crippen LogP contribution in [0.2, 0.25) is 0 Å². The van der Waals surface area contributed by atoms with Gasteiger partial charge in [0.25, 0.3) is 20.0 Å². The van der Waals surface area contributed by atoms with Crippen molar-refractivity contribution in [3.63, 3.8) is 0 Å². The molecule has 2 N–H and O–H groups in total. The number of methoxy groups -OCH3 is 2. The van der Waals surface area contributed by atoms with Crippen LogP contribution in [0.15, 0.2) is 76.5 Å². The lowest BCUT2D eigenvalue weighted by molar-refractivity contribution is 0.101. The molecule has 0 spiro atoms. The minimum Gasteiger partial charge on any atom is -0.495 e. The van der Waals surface area contributed by atoms with Crippen LogP contribution < -0.4 is 18.9 Å². The number of para-hydroxylation sites is 2. The van der Waals surface area contributed by atoms with E-state index in [4.69, 9.17) is 9.47 Å². The van der Waals surface area contributed by atoms with E-state index in [1.54, 1.807) is 18.2 Å². The molecule has 0 heterocycles. The molecule has 33 heavy (non-hydrogen) atoms. The molecule has 0 amide bonds. The maximum absolute atomic E-state index is 12.9. The monoisotopic (exact) mass is 490 g/mol. The second-order valence-corrected chi connectivity index (χ2v) is 10.2. The van der Waals surface area contributed by atoms with Gasteiger partial charge in [0.2, 0.25) is 0 Å². The van der Waals surface area contributed by atoms with Gasteiger partial charge in [0.1, 0.15) is 11.5 Å². The number of benzene rings is 3. The molecule has 0 fully saturated rings. The molecular formula is C22H22N2O7S2. The zero-order valence-corrected chi connectivity index (χ0v) is 19.7. The van der Waals surface area contributed by atoms with E-state index in [2.05, 4.69) is 9.44 Å². The van der Waals surface area contributed by atoms with Crippen molar-refractivity contribution in [3.05, 3.63) is 72.3 Å². The summed E-state index contributed by atoms with van der Waals surface area (Å²) in [5, 5.41) is 0. The van der Waals surface area contributed by atoms with Gasteiger partial charge in [-0.1, -0.05) is 24.3 Å². The van der Waals surface area contributed by atoms with Gasteiger partial charge in [-0.2, -0.15) is 0 Å². The summed E-state index contributed by atoms with van der Waals surface area (Å²) in [4.78, 5) is 11.1. The SMILES string of the molecule is COc1ccccc1NS(=O)(=O)c1ccc(OC)c(NS(=O)(=O)c2ccc(C(C)=O)cc2)c1. The van der Waals surface area contributed by atoms with Gasteiger partial charge in [-0.3, -0.25) is 14.2 Å². The number of sulfonamides is 2. The fourth-order valence-corrected chi connectivity index (χ4v) is 5.10. The Balaban J connectivity index is 1.95. The zero-order chi connectivity index (χ0) is 24.2. The minimum atomic E-state index is -4.10. The molecule has 0 unspecified atom stereocenters. The highest BCUT2D eigenvalue weighted by Gasteiger charge is 2.22. The highest BCUT2D eigenvalue weighted by molar-refractivity contribution is 7.93. The average molecular weight is 491 g/mol. The summed E-state index contributed by atoms with van der Waals surface area (Å²) in [6.45, 7) is 1.37. The highest BCUT2D eigenvalue weighted by Crippen LogP contribution is 2.32. The number of Topliss-reactive ketones (excluding diaryl/α,β-unsaturated/α-hetero) is 1. The van der Waals surface area contributed by atoms with Crippen molar-refractivity contribution in [3.8, 4) is 11.5 Å². The van der Waals surface area contributed by atoms with E-state index in [0.717, 1.165) is 6.07 Å². The number of nitrogens with one attached hydrogen (secondary N) is 2. The first kappa shape index (κ1) is 24.1. The minimum absolute atomic E-state index is 0.0731. The topological polar surface area (TPSA) is 128 Å². The summed E-state index contributed by atoms with van der Waals surface area (Å²) in [5.74, 6) is 0.244. The first-order chi connectivity index (χ1) is 15.6. The second kappa shape index (κ2) is 9.51. The Morgan fingerprint density at radius 2 is 1.21 bits per heavy atom. The summed E-state index contributed by atoms with van der Waals surface area (Å²) in [5.41, 5.74) is 0.515. The third-order valence-corrected chi connectivity index (χ3v) is 7.39. The third kappa shape index (κ3) is 5.44. The predicted molar refractivity (Wildman–Crippen MR) is 124 cm³/mol. The lowest BCUT2D eigenvalue weighted by Crippen LogP contribution is -2.16. The largest absolute Gasteiger partial charge is 0.495 e. The Morgan fingerprint density at radius 1 is 0.697 bits per heavy atom. The molecule has 9 nitrogen and oxygen atoms in total. The molecular weight excluding hydrogens is 468 g/mol. The van der Waals surface area contributed by atoms with Crippen molar-refractivity contribution in [2.24, 2.45) is 0 Å². The number of anilines is 2. The van der Waals surface area contributed by atoms with Crippen LogP contribution in [0.5, 0.6) is 11.5 Å². The molecule has 3 aromatic rings. The Labute approximate surface area is 192 Å². The number of carbonyl (C=O) groups excluding carboxylic acids is 1. The molecule has 0 aromatic heterocycles. The maximum atomic E-state index is 12.9. The van der Waals surface area contributed by atoms with Crippen molar-refractivity contribution in [1.82, 2.24) is 0 Å². The smallest absolute Gasteiger partial charge is 0.262 e. The molecule has 0 saturated heterocycles. The normalized spacial score (nSPS) is 11.5. The standard InChI is InChI=1S/C22H22N2O7S2/c1-15(25)16-8-10-17(11-9-16)32(26,27)24-20-14-18(12-13-22(20)31-3)33(28,29)23-19-6-4-5-7-21(19)30-2/h4-14,23-24H,1-3H3. The molecule has 11 heteroatoms. The van der Waals surface area contributed by atoms with Crippen molar-refractivity contribution in [2.45, 2.75) is 16.7 Å². The van der Waals surface area contributed by atoms with Crippen LogP contribution in [0.25, 0.3) is 0 Å².